The van der Waals surface area contributed by atoms with Crippen molar-refractivity contribution in [2.24, 2.45) is 0 Å². The molecule has 0 aliphatic heterocycles. The first-order valence-electron chi connectivity index (χ1n) is 2.53. The molecule has 2 nitrogen and oxygen atoms in total. The summed E-state index contributed by atoms with van der Waals surface area (Å²) < 4.78 is 0. The van der Waals surface area contributed by atoms with Gasteiger partial charge in [0.05, 0.1) is 6.20 Å². The van der Waals surface area contributed by atoms with Crippen LogP contribution >= 0.6 is 11.3 Å². The Morgan fingerprint density at radius 1 is 1.56 bits per heavy atom. The van der Waals surface area contributed by atoms with Gasteiger partial charge in [-0.2, -0.15) is 0 Å². The Labute approximate surface area is 56.2 Å². The molecule has 0 spiro atoms. The van der Waals surface area contributed by atoms with Gasteiger partial charge in [0.25, 0.3) is 0 Å². The molecule has 0 aliphatic rings. The lowest BCUT2D eigenvalue weighted by Crippen LogP contribution is -1.73. The van der Waals surface area contributed by atoms with Gasteiger partial charge >= 0.3 is 0 Å². The first kappa shape index (κ1) is 4.88. The highest BCUT2D eigenvalue weighted by Crippen LogP contribution is 2.13. The van der Waals surface area contributed by atoms with E-state index in [1.807, 2.05) is 11.4 Å². The molecule has 1 radical (unpaired) electrons. The summed E-state index contributed by atoms with van der Waals surface area (Å²) in [6.45, 7) is 0. The molecule has 2 heterocycles. The lowest BCUT2D eigenvalue weighted by molar-refractivity contribution is 1.30. The molecule has 0 fully saturated rings. The van der Waals surface area contributed by atoms with Crippen LogP contribution in [0.4, 0.5) is 0 Å². The fraction of sp³-hybridized carbons (Fsp3) is 0. The summed E-state index contributed by atoms with van der Waals surface area (Å²) in [4.78, 5) is 8.99. The summed E-state index contributed by atoms with van der Waals surface area (Å²) in [6.07, 6.45) is 4.25. The molecule has 0 amide bonds. The summed E-state index contributed by atoms with van der Waals surface area (Å²) in [6, 6.07) is 1.93. The summed E-state index contributed by atoms with van der Waals surface area (Å²) in [7, 11) is 0. The molecule has 43 valence electrons. The first-order chi connectivity index (χ1) is 4.47. The van der Waals surface area contributed by atoms with Crippen molar-refractivity contribution < 1.29 is 0 Å². The topological polar surface area (TPSA) is 25.8 Å². The number of fused-ring (bicyclic) bond motifs is 1. The highest BCUT2D eigenvalue weighted by atomic mass is 32.1. The number of nitrogens with zero attached hydrogens (tertiary/aromatic N) is 2. The molecule has 2 aromatic rings. The number of hydrogen-bond donors (Lipinski definition) is 0. The van der Waals surface area contributed by atoms with E-state index in [-0.39, 0.29) is 0 Å². The van der Waals surface area contributed by atoms with E-state index in [1.165, 1.54) is 0 Å². The zero-order valence-electron chi connectivity index (χ0n) is 4.53. The molecule has 2 aromatic heterocycles. The number of hydrogen-bond acceptors (Lipinski definition) is 3. The van der Waals surface area contributed by atoms with Gasteiger partial charge in [0.2, 0.25) is 0 Å². The Kier molecular flexibility index (Phi) is 0.960. The van der Waals surface area contributed by atoms with Crippen molar-refractivity contribution in [2.45, 2.75) is 0 Å². The van der Waals surface area contributed by atoms with Gasteiger partial charge in [0, 0.05) is 0 Å². The molecular weight excluding hydrogens is 132 g/mol. The highest BCUT2D eigenvalue weighted by Gasteiger charge is 1.91. The van der Waals surface area contributed by atoms with E-state index in [9.17, 15) is 0 Å². The fourth-order valence-electron chi connectivity index (χ4n) is 0.662. The van der Waals surface area contributed by atoms with Crippen LogP contribution in [0.2, 0.25) is 0 Å². The van der Waals surface area contributed by atoms with Gasteiger partial charge in [-0.05, 0) is 11.4 Å². The maximum Gasteiger partial charge on any atom is 0.141 e. The molecule has 0 bridgehead atoms. The second-order valence-corrected chi connectivity index (χ2v) is 2.50. The van der Waals surface area contributed by atoms with Gasteiger partial charge in [-0.25, -0.2) is 9.97 Å². The zero-order valence-corrected chi connectivity index (χ0v) is 5.35. The SMILES string of the molecule is [c]1cnc2sccc2n1. The van der Waals surface area contributed by atoms with Crippen LogP contribution in [0, 0.1) is 6.20 Å². The second kappa shape index (κ2) is 1.77. The van der Waals surface area contributed by atoms with E-state index in [4.69, 9.17) is 0 Å². The van der Waals surface area contributed by atoms with Crippen LogP contribution in [0.1, 0.15) is 0 Å². The molecule has 0 aromatic carbocycles. The van der Waals surface area contributed by atoms with Crippen LogP contribution in [-0.4, -0.2) is 9.97 Å². The summed E-state index contributed by atoms with van der Waals surface area (Å²) in [5.41, 5.74) is 0.933. The van der Waals surface area contributed by atoms with Gasteiger partial charge in [-0.3, -0.25) is 0 Å². The van der Waals surface area contributed by atoms with Crippen LogP contribution in [0.15, 0.2) is 17.6 Å². The van der Waals surface area contributed by atoms with Crippen molar-refractivity contribution in [3.05, 3.63) is 23.8 Å². The van der Waals surface area contributed by atoms with E-state index >= 15 is 0 Å². The number of aromatic nitrogens is 2. The Morgan fingerprint density at radius 3 is 3.44 bits per heavy atom. The standard InChI is InChI=1S/C6H3N2S/c1-4-9-6-5(1)7-2-3-8-6/h1,3-4H. The predicted molar refractivity (Wildman–Crippen MR) is 36.3 cm³/mol. The highest BCUT2D eigenvalue weighted by molar-refractivity contribution is 7.16. The quantitative estimate of drug-likeness (QED) is 0.547. The largest absolute Gasteiger partial charge is 0.242 e. The molecule has 3 heteroatoms. The van der Waals surface area contributed by atoms with E-state index < -0.39 is 0 Å². The zero-order chi connectivity index (χ0) is 6.10. The smallest absolute Gasteiger partial charge is 0.141 e. The van der Waals surface area contributed by atoms with Crippen molar-refractivity contribution in [1.29, 1.82) is 0 Å². The number of rotatable bonds is 0. The third-order valence-corrected chi connectivity index (χ3v) is 1.86. The van der Waals surface area contributed by atoms with Crippen molar-refractivity contribution in [1.82, 2.24) is 9.97 Å². The number of thiophene rings is 1. The molecule has 2 rings (SSSR count). The third kappa shape index (κ3) is 0.695. The average Bonchev–Trinajstić information content (AvgIpc) is 2.33. The van der Waals surface area contributed by atoms with Crippen LogP contribution in [-0.2, 0) is 0 Å². The van der Waals surface area contributed by atoms with E-state index in [2.05, 4.69) is 16.2 Å². The van der Waals surface area contributed by atoms with Crippen molar-refractivity contribution in [3.8, 4) is 0 Å². The minimum Gasteiger partial charge on any atom is -0.242 e. The Bertz CT molecular complexity index is 285. The summed E-state index contributed by atoms with van der Waals surface area (Å²) in [5, 5.41) is 1.97. The van der Waals surface area contributed by atoms with Crippen LogP contribution in [0.3, 0.4) is 0 Å². The molecule has 0 unspecified atom stereocenters. The minimum absolute atomic E-state index is 0.933. The molecule has 0 aliphatic carbocycles. The van der Waals surface area contributed by atoms with E-state index in [0.29, 0.717) is 0 Å². The Hall–Kier alpha value is -0.960. The molecular formula is C6H3N2S. The monoisotopic (exact) mass is 135 g/mol. The summed E-state index contributed by atoms with van der Waals surface area (Å²) in [5.74, 6) is 0. The van der Waals surface area contributed by atoms with Crippen LogP contribution < -0.4 is 0 Å². The van der Waals surface area contributed by atoms with Gasteiger partial charge in [-0.1, -0.05) is 0 Å². The lowest BCUT2D eigenvalue weighted by atomic mass is 10.5. The first-order valence-corrected chi connectivity index (χ1v) is 3.41. The van der Waals surface area contributed by atoms with Gasteiger partial charge < -0.3 is 0 Å². The Morgan fingerprint density at radius 2 is 2.56 bits per heavy atom. The van der Waals surface area contributed by atoms with E-state index in [1.54, 1.807) is 17.5 Å². The van der Waals surface area contributed by atoms with Crippen molar-refractivity contribution >= 4 is 21.7 Å². The second-order valence-electron chi connectivity index (χ2n) is 1.61. The lowest BCUT2D eigenvalue weighted by Gasteiger charge is -1.80. The van der Waals surface area contributed by atoms with Crippen molar-refractivity contribution in [2.75, 3.05) is 0 Å². The minimum atomic E-state index is 0.933. The van der Waals surface area contributed by atoms with Gasteiger partial charge in [0.15, 0.2) is 0 Å². The van der Waals surface area contributed by atoms with Crippen molar-refractivity contribution in [3.63, 3.8) is 0 Å². The predicted octanol–water partition coefficient (Wildman–Crippen LogP) is 1.49. The third-order valence-electron chi connectivity index (χ3n) is 1.05. The molecule has 0 atom stereocenters. The molecule has 0 saturated heterocycles. The van der Waals surface area contributed by atoms with Crippen LogP contribution in [0.5, 0.6) is 0 Å². The molecule has 9 heavy (non-hydrogen) atoms. The molecule has 0 saturated carbocycles. The average molecular weight is 135 g/mol. The van der Waals surface area contributed by atoms with Gasteiger partial charge in [-0.15, -0.1) is 11.3 Å². The maximum absolute atomic E-state index is 4.04. The fourth-order valence-corrected chi connectivity index (χ4v) is 1.34. The van der Waals surface area contributed by atoms with Crippen LogP contribution in [0.25, 0.3) is 10.3 Å². The normalized spacial score (nSPS) is 10.2. The Balaban J connectivity index is 2.95. The maximum atomic E-state index is 4.04. The summed E-state index contributed by atoms with van der Waals surface area (Å²) >= 11 is 1.59. The van der Waals surface area contributed by atoms with E-state index in [0.717, 1.165) is 10.3 Å². The van der Waals surface area contributed by atoms with Gasteiger partial charge in [0.1, 0.15) is 16.5 Å². The molecule has 0 N–H and O–H groups in total.